The molecule has 23 heavy (non-hydrogen) atoms. The molecule has 2 aliphatic rings. The molecule has 3 heterocycles. The van der Waals surface area contributed by atoms with Crippen molar-refractivity contribution in [3.8, 4) is 0 Å². The van der Waals surface area contributed by atoms with Crippen molar-refractivity contribution < 1.29 is 9.53 Å². The molecule has 124 valence electrons. The number of carbonyl (C=O) groups is 1. The van der Waals surface area contributed by atoms with Crippen molar-refractivity contribution in [1.29, 1.82) is 0 Å². The first-order valence-electron chi connectivity index (χ1n) is 8.13. The predicted molar refractivity (Wildman–Crippen MR) is 88.0 cm³/mol. The van der Waals surface area contributed by atoms with Gasteiger partial charge in [0, 0.05) is 44.5 Å². The van der Waals surface area contributed by atoms with Crippen molar-refractivity contribution in [3.63, 3.8) is 0 Å². The first-order valence-corrected chi connectivity index (χ1v) is 8.13. The van der Waals surface area contributed by atoms with Crippen LogP contribution in [0.15, 0.2) is 18.5 Å². The number of amides is 1. The minimum absolute atomic E-state index is 0.254. The van der Waals surface area contributed by atoms with E-state index >= 15 is 0 Å². The summed E-state index contributed by atoms with van der Waals surface area (Å²) in [6.07, 6.45) is 6.10. The van der Waals surface area contributed by atoms with Crippen LogP contribution < -0.4 is 5.32 Å². The Hall–Kier alpha value is -1.95. The normalized spacial score (nSPS) is 19.1. The van der Waals surface area contributed by atoms with Crippen molar-refractivity contribution in [2.45, 2.75) is 38.7 Å². The maximum atomic E-state index is 12.1. The number of carbonyl (C=O) groups excluding carboxylic acids is 1. The average molecular weight is 316 g/mol. The van der Waals surface area contributed by atoms with E-state index in [4.69, 9.17) is 4.74 Å². The van der Waals surface area contributed by atoms with Gasteiger partial charge in [-0.05, 0) is 32.8 Å². The lowest BCUT2D eigenvalue weighted by atomic mass is 9.92. The fraction of sp³-hybridized carbons (Fsp3) is 0.588. The lowest BCUT2D eigenvalue weighted by Gasteiger charge is -2.31. The molecule has 1 aromatic rings. The fourth-order valence-electron chi connectivity index (χ4n) is 2.75. The molecule has 0 unspecified atom stereocenters. The molecule has 2 aliphatic heterocycles. The molecule has 0 radical (unpaired) electrons. The van der Waals surface area contributed by atoms with E-state index in [1.165, 1.54) is 5.57 Å². The van der Waals surface area contributed by atoms with Crippen molar-refractivity contribution in [2.24, 2.45) is 0 Å². The average Bonchev–Trinajstić information content (AvgIpc) is 2.44. The van der Waals surface area contributed by atoms with Crippen LogP contribution in [0.3, 0.4) is 0 Å². The van der Waals surface area contributed by atoms with E-state index in [-0.39, 0.29) is 6.09 Å². The van der Waals surface area contributed by atoms with Crippen LogP contribution in [0.5, 0.6) is 0 Å². The number of rotatable bonds is 2. The molecule has 3 rings (SSSR count). The van der Waals surface area contributed by atoms with E-state index in [2.05, 4.69) is 21.4 Å². The van der Waals surface area contributed by atoms with Gasteiger partial charge in [0.05, 0.1) is 11.4 Å². The Morgan fingerprint density at radius 3 is 2.61 bits per heavy atom. The van der Waals surface area contributed by atoms with Gasteiger partial charge in [-0.3, -0.25) is 9.97 Å². The van der Waals surface area contributed by atoms with Crippen LogP contribution >= 0.6 is 0 Å². The Morgan fingerprint density at radius 2 is 2.04 bits per heavy atom. The molecule has 1 N–H and O–H groups in total. The Balaban J connectivity index is 1.71. The van der Waals surface area contributed by atoms with Gasteiger partial charge in [-0.1, -0.05) is 6.08 Å². The van der Waals surface area contributed by atoms with E-state index < -0.39 is 5.60 Å². The van der Waals surface area contributed by atoms with Crippen molar-refractivity contribution in [2.75, 3.05) is 26.2 Å². The molecule has 0 saturated carbocycles. The van der Waals surface area contributed by atoms with Crippen molar-refractivity contribution in [3.05, 3.63) is 29.9 Å². The van der Waals surface area contributed by atoms with Crippen LogP contribution in [0.25, 0.3) is 5.57 Å². The molecule has 0 bridgehead atoms. The second-order valence-electron chi connectivity index (χ2n) is 7.05. The number of aromatic nitrogens is 2. The second kappa shape index (κ2) is 6.28. The molecule has 1 fully saturated rings. The van der Waals surface area contributed by atoms with E-state index in [0.717, 1.165) is 30.9 Å². The van der Waals surface area contributed by atoms with Gasteiger partial charge in [-0.25, -0.2) is 4.79 Å². The zero-order valence-electron chi connectivity index (χ0n) is 14.0. The van der Waals surface area contributed by atoms with Crippen molar-refractivity contribution >= 4 is 11.7 Å². The summed E-state index contributed by atoms with van der Waals surface area (Å²) in [5, 5.41) is 3.28. The summed E-state index contributed by atoms with van der Waals surface area (Å²) in [6.45, 7) is 8.78. The molecule has 1 amide bonds. The Labute approximate surface area is 136 Å². The van der Waals surface area contributed by atoms with Crippen LogP contribution in [0.2, 0.25) is 0 Å². The minimum atomic E-state index is -0.462. The number of ether oxygens (including phenoxy) is 1. The highest BCUT2D eigenvalue weighted by atomic mass is 16.6. The highest BCUT2D eigenvalue weighted by Crippen LogP contribution is 2.28. The SMILES string of the molecule is CC(C)(C)OC(=O)N1CC=C(c2nccnc2C2CNC2)CC1. The maximum Gasteiger partial charge on any atom is 0.410 e. The van der Waals surface area contributed by atoms with E-state index in [9.17, 15) is 4.79 Å². The van der Waals surface area contributed by atoms with Gasteiger partial charge < -0.3 is 15.0 Å². The van der Waals surface area contributed by atoms with Gasteiger partial charge in [-0.15, -0.1) is 0 Å². The summed E-state index contributed by atoms with van der Waals surface area (Å²) >= 11 is 0. The summed E-state index contributed by atoms with van der Waals surface area (Å²) in [5.41, 5.74) is 2.78. The molecule has 1 saturated heterocycles. The summed E-state index contributed by atoms with van der Waals surface area (Å²) in [7, 11) is 0. The van der Waals surface area contributed by atoms with Crippen LogP contribution in [-0.2, 0) is 4.74 Å². The lowest BCUT2D eigenvalue weighted by Crippen LogP contribution is -2.41. The van der Waals surface area contributed by atoms with Gasteiger partial charge in [0.2, 0.25) is 0 Å². The summed E-state index contributed by atoms with van der Waals surface area (Å²) in [5.74, 6) is 0.448. The Bertz CT molecular complexity index is 617. The quantitative estimate of drug-likeness (QED) is 0.906. The molecule has 0 aromatic carbocycles. The monoisotopic (exact) mass is 316 g/mol. The van der Waals surface area contributed by atoms with Crippen LogP contribution in [0.1, 0.15) is 44.5 Å². The first kappa shape index (κ1) is 15.9. The molecule has 0 atom stereocenters. The largest absolute Gasteiger partial charge is 0.444 e. The van der Waals surface area contributed by atoms with E-state index in [1.807, 2.05) is 20.8 Å². The van der Waals surface area contributed by atoms with Crippen LogP contribution in [0, 0.1) is 0 Å². The topological polar surface area (TPSA) is 67.3 Å². The van der Waals surface area contributed by atoms with Gasteiger partial charge in [0.15, 0.2) is 0 Å². The highest BCUT2D eigenvalue weighted by molar-refractivity contribution is 5.72. The van der Waals surface area contributed by atoms with Gasteiger partial charge in [-0.2, -0.15) is 0 Å². The molecule has 6 nitrogen and oxygen atoms in total. The maximum absolute atomic E-state index is 12.1. The molecule has 0 spiro atoms. The summed E-state index contributed by atoms with van der Waals surface area (Å²) in [6, 6.07) is 0. The predicted octanol–water partition coefficient (Wildman–Crippen LogP) is 2.19. The van der Waals surface area contributed by atoms with Gasteiger partial charge in [0.25, 0.3) is 0 Å². The third-order valence-corrected chi connectivity index (χ3v) is 4.06. The second-order valence-corrected chi connectivity index (χ2v) is 7.05. The van der Waals surface area contributed by atoms with Gasteiger partial charge >= 0.3 is 6.09 Å². The number of nitrogens with one attached hydrogen (secondary N) is 1. The third kappa shape index (κ3) is 3.69. The number of nitrogens with zero attached hydrogens (tertiary/aromatic N) is 3. The van der Waals surface area contributed by atoms with E-state index in [1.54, 1.807) is 17.3 Å². The summed E-state index contributed by atoms with van der Waals surface area (Å²) in [4.78, 5) is 22.9. The highest BCUT2D eigenvalue weighted by Gasteiger charge is 2.28. The number of hydrogen-bond donors (Lipinski definition) is 1. The zero-order chi connectivity index (χ0) is 16.4. The molecule has 6 heteroatoms. The third-order valence-electron chi connectivity index (χ3n) is 4.06. The van der Waals surface area contributed by atoms with Crippen LogP contribution in [0.4, 0.5) is 4.79 Å². The standard InChI is InChI=1S/C17H24N4O2/c1-17(2,3)23-16(22)21-8-4-12(5-9-21)14-15(13-10-18-11-13)20-7-6-19-14/h4,6-7,13,18H,5,8-11H2,1-3H3. The Morgan fingerprint density at radius 1 is 1.30 bits per heavy atom. The van der Waals surface area contributed by atoms with E-state index in [0.29, 0.717) is 19.0 Å². The molecular formula is C17H24N4O2. The Kier molecular flexibility index (Phi) is 4.35. The van der Waals surface area contributed by atoms with Crippen LogP contribution in [-0.4, -0.2) is 52.7 Å². The smallest absolute Gasteiger partial charge is 0.410 e. The van der Waals surface area contributed by atoms with Gasteiger partial charge in [0.1, 0.15) is 5.60 Å². The fourth-order valence-corrected chi connectivity index (χ4v) is 2.75. The van der Waals surface area contributed by atoms with Crippen molar-refractivity contribution in [1.82, 2.24) is 20.2 Å². The lowest BCUT2D eigenvalue weighted by molar-refractivity contribution is 0.0270. The summed E-state index contributed by atoms with van der Waals surface area (Å²) < 4.78 is 5.43. The first-order chi connectivity index (χ1) is 10.9. The molecular weight excluding hydrogens is 292 g/mol. The minimum Gasteiger partial charge on any atom is -0.444 e. The molecule has 1 aromatic heterocycles. The zero-order valence-corrected chi connectivity index (χ0v) is 14.0. The number of hydrogen-bond acceptors (Lipinski definition) is 5. The molecule has 0 aliphatic carbocycles.